The molecule has 2 unspecified atom stereocenters. The van der Waals surface area contributed by atoms with Crippen LogP contribution in [-0.4, -0.2) is 11.5 Å². The lowest BCUT2D eigenvalue weighted by Crippen LogP contribution is -2.27. The normalized spacial score (nSPS) is 13.9. The van der Waals surface area contributed by atoms with E-state index in [-0.39, 0.29) is 17.8 Å². The summed E-state index contributed by atoms with van der Waals surface area (Å²) in [4.78, 5) is 4.44. The number of nitrogens with one attached hydrogen (secondary N) is 1. The first-order valence-corrected chi connectivity index (χ1v) is 7.12. The number of pyridine rings is 1. The predicted molar refractivity (Wildman–Crippen MR) is 80.1 cm³/mol. The molecule has 2 rings (SSSR count). The molecule has 0 spiro atoms. The summed E-state index contributed by atoms with van der Waals surface area (Å²) in [6.45, 7) is 5.22. The van der Waals surface area contributed by atoms with Crippen LogP contribution in [0.2, 0.25) is 0 Å². The van der Waals surface area contributed by atoms with E-state index in [1.165, 1.54) is 12.1 Å². The number of hydrogen-bond donors (Lipinski definition) is 1. The molecule has 0 amide bonds. The Balaban J connectivity index is 2.25. The van der Waals surface area contributed by atoms with Gasteiger partial charge >= 0.3 is 0 Å². The molecule has 0 saturated carbocycles. The van der Waals surface area contributed by atoms with Gasteiger partial charge in [-0.3, -0.25) is 4.98 Å². The lowest BCUT2D eigenvalue weighted by molar-refractivity contribution is 0.459. The van der Waals surface area contributed by atoms with Gasteiger partial charge in [-0.15, -0.1) is 0 Å². The van der Waals surface area contributed by atoms with E-state index in [2.05, 4.69) is 24.1 Å². The van der Waals surface area contributed by atoms with Gasteiger partial charge in [-0.05, 0) is 42.8 Å². The minimum absolute atomic E-state index is 0.144. The first-order valence-electron chi connectivity index (χ1n) is 7.12. The first kappa shape index (κ1) is 14.7. The summed E-state index contributed by atoms with van der Waals surface area (Å²) in [5.41, 5.74) is 2.14. The van der Waals surface area contributed by atoms with Gasteiger partial charge in [-0.25, -0.2) is 4.39 Å². The summed E-state index contributed by atoms with van der Waals surface area (Å²) in [5.74, 6) is 0.0293. The Bertz CT molecular complexity index is 510. The third-order valence-corrected chi connectivity index (χ3v) is 3.50. The average molecular weight is 272 g/mol. The number of rotatable bonds is 6. The molecule has 0 aliphatic heterocycles. The summed E-state index contributed by atoms with van der Waals surface area (Å²) < 4.78 is 13.1. The van der Waals surface area contributed by atoms with Gasteiger partial charge in [0.05, 0.1) is 0 Å². The zero-order valence-electron chi connectivity index (χ0n) is 12.0. The summed E-state index contributed by atoms with van der Waals surface area (Å²) in [5, 5.41) is 3.54. The van der Waals surface area contributed by atoms with E-state index in [0.717, 1.165) is 24.2 Å². The third-order valence-electron chi connectivity index (χ3n) is 3.50. The van der Waals surface area contributed by atoms with Crippen LogP contribution in [0.15, 0.2) is 48.7 Å². The number of aromatic nitrogens is 1. The van der Waals surface area contributed by atoms with Crippen molar-refractivity contribution < 1.29 is 4.39 Å². The molecule has 2 aromatic rings. The maximum absolute atomic E-state index is 13.1. The van der Waals surface area contributed by atoms with Crippen LogP contribution in [0.25, 0.3) is 0 Å². The summed E-state index contributed by atoms with van der Waals surface area (Å²) >= 11 is 0. The Kier molecular flexibility index (Phi) is 5.24. The van der Waals surface area contributed by atoms with Gasteiger partial charge in [0, 0.05) is 23.9 Å². The highest BCUT2D eigenvalue weighted by Crippen LogP contribution is 2.29. The Morgan fingerprint density at radius 2 is 1.90 bits per heavy atom. The molecule has 1 N–H and O–H groups in total. The molecular formula is C17H21FN2. The van der Waals surface area contributed by atoms with Gasteiger partial charge in [-0.2, -0.15) is 0 Å². The lowest BCUT2D eigenvalue weighted by Gasteiger charge is -2.25. The quantitative estimate of drug-likeness (QED) is 0.857. The standard InChI is InChI=1S/C17H21FN2/c1-3-11-20-17(14-7-9-15(18)10-8-14)13(2)16-6-4-5-12-19-16/h4-10,12-13,17,20H,3,11H2,1-2H3. The van der Waals surface area contributed by atoms with E-state index < -0.39 is 0 Å². The fraction of sp³-hybridized carbons (Fsp3) is 0.353. The zero-order chi connectivity index (χ0) is 14.4. The molecule has 0 aliphatic rings. The van der Waals surface area contributed by atoms with Gasteiger partial charge in [-0.1, -0.05) is 32.0 Å². The second-order valence-corrected chi connectivity index (χ2v) is 5.03. The van der Waals surface area contributed by atoms with Crippen molar-refractivity contribution in [2.75, 3.05) is 6.54 Å². The van der Waals surface area contributed by atoms with Gasteiger partial charge in [0.1, 0.15) is 5.82 Å². The molecule has 0 fully saturated rings. The molecule has 1 heterocycles. The molecule has 0 saturated heterocycles. The van der Waals surface area contributed by atoms with E-state index in [9.17, 15) is 4.39 Å². The average Bonchev–Trinajstić information content (AvgIpc) is 2.50. The largest absolute Gasteiger partial charge is 0.309 e. The van der Waals surface area contributed by atoms with E-state index in [0.29, 0.717) is 0 Å². The van der Waals surface area contributed by atoms with Crippen molar-refractivity contribution in [3.8, 4) is 0 Å². The second-order valence-electron chi connectivity index (χ2n) is 5.03. The van der Waals surface area contributed by atoms with Crippen LogP contribution in [0.5, 0.6) is 0 Å². The maximum atomic E-state index is 13.1. The van der Waals surface area contributed by atoms with Crippen molar-refractivity contribution in [3.63, 3.8) is 0 Å². The van der Waals surface area contributed by atoms with E-state index in [1.807, 2.05) is 36.5 Å². The molecule has 0 bridgehead atoms. The number of halogens is 1. The van der Waals surface area contributed by atoms with Crippen LogP contribution in [-0.2, 0) is 0 Å². The Hall–Kier alpha value is -1.74. The Morgan fingerprint density at radius 3 is 2.50 bits per heavy atom. The van der Waals surface area contributed by atoms with Crippen LogP contribution >= 0.6 is 0 Å². The van der Waals surface area contributed by atoms with Crippen molar-refractivity contribution in [2.45, 2.75) is 32.2 Å². The van der Waals surface area contributed by atoms with Gasteiger partial charge < -0.3 is 5.32 Å². The fourth-order valence-corrected chi connectivity index (χ4v) is 2.37. The first-order chi connectivity index (χ1) is 9.72. The highest BCUT2D eigenvalue weighted by Gasteiger charge is 2.21. The minimum atomic E-state index is -0.200. The molecule has 1 aromatic carbocycles. The van der Waals surface area contributed by atoms with Crippen LogP contribution < -0.4 is 5.32 Å². The second kappa shape index (κ2) is 7.15. The van der Waals surface area contributed by atoms with Crippen LogP contribution in [0.1, 0.15) is 43.5 Å². The monoisotopic (exact) mass is 272 g/mol. The van der Waals surface area contributed by atoms with Crippen LogP contribution in [0.4, 0.5) is 4.39 Å². The predicted octanol–water partition coefficient (Wildman–Crippen LogP) is 4.07. The SMILES string of the molecule is CCCNC(c1ccc(F)cc1)C(C)c1ccccn1. The van der Waals surface area contributed by atoms with Crippen molar-refractivity contribution in [1.29, 1.82) is 0 Å². The topological polar surface area (TPSA) is 24.9 Å². The summed E-state index contributed by atoms with van der Waals surface area (Å²) in [7, 11) is 0. The third kappa shape index (κ3) is 3.64. The van der Waals surface area contributed by atoms with Gasteiger partial charge in [0.15, 0.2) is 0 Å². The van der Waals surface area contributed by atoms with Crippen molar-refractivity contribution >= 4 is 0 Å². The molecular weight excluding hydrogens is 251 g/mol. The van der Waals surface area contributed by atoms with E-state index in [4.69, 9.17) is 0 Å². The molecule has 3 heteroatoms. The van der Waals surface area contributed by atoms with Crippen molar-refractivity contribution in [2.24, 2.45) is 0 Å². The molecule has 1 aromatic heterocycles. The highest BCUT2D eigenvalue weighted by atomic mass is 19.1. The number of benzene rings is 1. The molecule has 0 aliphatic carbocycles. The maximum Gasteiger partial charge on any atom is 0.123 e. The minimum Gasteiger partial charge on any atom is -0.309 e. The highest BCUT2D eigenvalue weighted by molar-refractivity contribution is 5.24. The van der Waals surface area contributed by atoms with E-state index >= 15 is 0 Å². The van der Waals surface area contributed by atoms with Gasteiger partial charge in [0.25, 0.3) is 0 Å². The fourth-order valence-electron chi connectivity index (χ4n) is 2.37. The lowest BCUT2D eigenvalue weighted by atomic mass is 9.91. The smallest absolute Gasteiger partial charge is 0.123 e. The number of nitrogens with zero attached hydrogens (tertiary/aromatic N) is 1. The van der Waals surface area contributed by atoms with Crippen molar-refractivity contribution in [1.82, 2.24) is 10.3 Å². The van der Waals surface area contributed by atoms with E-state index in [1.54, 1.807) is 0 Å². The summed E-state index contributed by atoms with van der Waals surface area (Å²) in [6.07, 6.45) is 2.88. The Morgan fingerprint density at radius 1 is 1.15 bits per heavy atom. The van der Waals surface area contributed by atoms with Gasteiger partial charge in [0.2, 0.25) is 0 Å². The van der Waals surface area contributed by atoms with Crippen LogP contribution in [0, 0.1) is 5.82 Å². The molecule has 2 nitrogen and oxygen atoms in total. The van der Waals surface area contributed by atoms with Crippen LogP contribution in [0.3, 0.4) is 0 Å². The zero-order valence-corrected chi connectivity index (χ0v) is 12.0. The number of hydrogen-bond acceptors (Lipinski definition) is 2. The molecule has 0 radical (unpaired) electrons. The summed E-state index contributed by atoms with van der Waals surface area (Å²) in [6, 6.07) is 12.8. The molecule has 106 valence electrons. The Labute approximate surface area is 120 Å². The van der Waals surface area contributed by atoms with Crippen molar-refractivity contribution in [3.05, 3.63) is 65.7 Å². The molecule has 2 atom stereocenters. The molecule has 20 heavy (non-hydrogen) atoms.